The molecule has 0 aliphatic carbocycles. The molecule has 0 aromatic heterocycles. The molecule has 2 aromatic carbocycles. The number of hydrogen-bond donors (Lipinski definition) is 1. The summed E-state index contributed by atoms with van der Waals surface area (Å²) in [4.78, 5) is 37.9. The Kier molecular flexibility index (Phi) is 7.52. The number of aliphatic hydroxyl groups is 1. The summed E-state index contributed by atoms with van der Waals surface area (Å²) in [5, 5.41) is 12.6. The SMILES string of the molecule is CC(C)C1=C(C(=O)N2CC[C@H](O)[C@H]2C(=O)N(C)C)SC2=N[C@@](C)(c3ccc(Cl)cc3)[C@@H](c3ccc(Cl)cc3)N21. The third-order valence-electron chi connectivity index (χ3n) is 7.69. The van der Waals surface area contributed by atoms with E-state index >= 15 is 0 Å². The number of aliphatic imine (C=N–C) groups is 1. The molecule has 0 bridgehead atoms. The van der Waals surface area contributed by atoms with Crippen molar-refractivity contribution in [3.8, 4) is 0 Å². The van der Waals surface area contributed by atoms with Gasteiger partial charge >= 0.3 is 0 Å². The molecule has 3 aliphatic heterocycles. The predicted molar refractivity (Wildman–Crippen MR) is 157 cm³/mol. The van der Waals surface area contributed by atoms with E-state index in [0.29, 0.717) is 27.9 Å². The minimum absolute atomic E-state index is 0.0120. The normalized spacial score (nSPS) is 26.4. The molecule has 0 saturated carbocycles. The summed E-state index contributed by atoms with van der Waals surface area (Å²) in [7, 11) is 3.27. The van der Waals surface area contributed by atoms with Gasteiger partial charge in [0.1, 0.15) is 16.5 Å². The van der Waals surface area contributed by atoms with Crippen molar-refractivity contribution in [2.75, 3.05) is 20.6 Å². The fraction of sp³-hybridized carbons (Fsp3) is 0.414. The van der Waals surface area contributed by atoms with Crippen LogP contribution >= 0.6 is 35.0 Å². The zero-order valence-corrected chi connectivity index (χ0v) is 24.9. The molecule has 0 spiro atoms. The van der Waals surface area contributed by atoms with Crippen molar-refractivity contribution in [2.24, 2.45) is 10.9 Å². The number of allylic oxidation sites excluding steroid dienone is 1. The maximum absolute atomic E-state index is 14.1. The molecule has 7 nitrogen and oxygen atoms in total. The Morgan fingerprint density at radius 1 is 1.08 bits per heavy atom. The Bertz CT molecular complexity index is 1360. The highest BCUT2D eigenvalue weighted by Gasteiger charge is 2.54. The fourth-order valence-corrected chi connectivity index (χ4v) is 7.38. The Hall–Kier alpha value is -2.52. The molecule has 5 rings (SSSR count). The molecule has 4 atom stereocenters. The molecule has 0 unspecified atom stereocenters. The number of fused-ring (bicyclic) bond motifs is 1. The van der Waals surface area contributed by atoms with Crippen LogP contribution in [0.4, 0.5) is 0 Å². The van der Waals surface area contributed by atoms with Gasteiger partial charge in [0.15, 0.2) is 5.17 Å². The van der Waals surface area contributed by atoms with Crippen LogP contribution in [-0.4, -0.2) is 69.6 Å². The van der Waals surface area contributed by atoms with E-state index in [2.05, 4.69) is 25.7 Å². The molecular formula is C29H32Cl2N4O3S. The van der Waals surface area contributed by atoms with Gasteiger partial charge in [0.05, 0.1) is 12.1 Å². The van der Waals surface area contributed by atoms with E-state index < -0.39 is 17.7 Å². The van der Waals surface area contributed by atoms with E-state index in [1.54, 1.807) is 14.1 Å². The second kappa shape index (κ2) is 10.5. The van der Waals surface area contributed by atoms with Crippen LogP contribution in [0.15, 0.2) is 64.1 Å². The van der Waals surface area contributed by atoms with Gasteiger partial charge in [-0.2, -0.15) is 0 Å². The van der Waals surface area contributed by atoms with Crippen molar-refractivity contribution in [2.45, 2.75) is 50.9 Å². The number of aliphatic hydroxyl groups excluding tert-OH is 1. The van der Waals surface area contributed by atoms with Gasteiger partial charge in [-0.1, -0.05) is 61.3 Å². The maximum atomic E-state index is 14.1. The molecule has 206 valence electrons. The molecule has 1 fully saturated rings. The highest BCUT2D eigenvalue weighted by molar-refractivity contribution is 8.18. The van der Waals surface area contributed by atoms with E-state index in [1.165, 1.54) is 21.6 Å². The molecule has 2 aromatic rings. The molecule has 10 heteroatoms. The summed E-state index contributed by atoms with van der Waals surface area (Å²) in [5.74, 6) is -0.544. The Balaban J connectivity index is 1.61. The van der Waals surface area contributed by atoms with Gasteiger partial charge in [0.2, 0.25) is 5.91 Å². The zero-order valence-electron chi connectivity index (χ0n) is 22.6. The van der Waals surface area contributed by atoms with E-state index in [-0.39, 0.29) is 23.8 Å². The Morgan fingerprint density at radius 2 is 1.67 bits per heavy atom. The van der Waals surface area contributed by atoms with Crippen molar-refractivity contribution >= 4 is 51.9 Å². The highest BCUT2D eigenvalue weighted by Crippen LogP contribution is 2.56. The van der Waals surface area contributed by atoms with Crippen LogP contribution in [0.5, 0.6) is 0 Å². The van der Waals surface area contributed by atoms with E-state index in [9.17, 15) is 14.7 Å². The second-order valence-corrected chi connectivity index (χ2v) is 12.7. The van der Waals surface area contributed by atoms with Gasteiger partial charge in [-0.25, -0.2) is 4.99 Å². The molecule has 3 aliphatic rings. The van der Waals surface area contributed by atoms with Crippen molar-refractivity contribution in [3.05, 3.63) is 80.3 Å². The van der Waals surface area contributed by atoms with E-state index in [1.807, 2.05) is 48.5 Å². The first-order valence-corrected chi connectivity index (χ1v) is 14.5. The summed E-state index contributed by atoms with van der Waals surface area (Å²) in [6.45, 7) is 6.53. The summed E-state index contributed by atoms with van der Waals surface area (Å²) in [6.07, 6.45) is -0.539. The molecule has 1 N–H and O–H groups in total. The van der Waals surface area contributed by atoms with Gasteiger partial charge in [0.25, 0.3) is 5.91 Å². The predicted octanol–water partition coefficient (Wildman–Crippen LogP) is 5.29. The third kappa shape index (κ3) is 4.75. The van der Waals surface area contributed by atoms with Crippen molar-refractivity contribution < 1.29 is 14.7 Å². The van der Waals surface area contributed by atoms with Crippen LogP contribution in [0.3, 0.4) is 0 Å². The van der Waals surface area contributed by atoms with Crippen LogP contribution in [0.25, 0.3) is 0 Å². The number of hydrogen-bond acceptors (Lipinski definition) is 6. The van der Waals surface area contributed by atoms with Crippen molar-refractivity contribution in [1.82, 2.24) is 14.7 Å². The topological polar surface area (TPSA) is 76.5 Å². The zero-order chi connectivity index (χ0) is 28.2. The molecule has 39 heavy (non-hydrogen) atoms. The molecule has 3 heterocycles. The minimum Gasteiger partial charge on any atom is -0.390 e. The van der Waals surface area contributed by atoms with Crippen LogP contribution in [0.2, 0.25) is 10.0 Å². The number of likely N-dealkylation sites (N-methyl/N-ethyl adjacent to an activating group) is 1. The Morgan fingerprint density at radius 3 is 2.23 bits per heavy atom. The summed E-state index contributed by atoms with van der Waals surface area (Å²) < 4.78 is 0. The lowest BCUT2D eigenvalue weighted by molar-refractivity contribution is -0.142. The van der Waals surface area contributed by atoms with Crippen LogP contribution < -0.4 is 0 Å². The lowest BCUT2D eigenvalue weighted by Gasteiger charge is -2.37. The fourth-order valence-electron chi connectivity index (χ4n) is 5.76. The summed E-state index contributed by atoms with van der Waals surface area (Å²) >= 11 is 13.8. The number of carbonyl (C=O) groups is 2. The molecule has 1 saturated heterocycles. The summed E-state index contributed by atoms with van der Waals surface area (Å²) in [6, 6.07) is 14.3. The van der Waals surface area contributed by atoms with Crippen LogP contribution in [0, 0.1) is 5.92 Å². The number of benzene rings is 2. The van der Waals surface area contributed by atoms with Gasteiger partial charge in [0, 0.05) is 36.4 Å². The number of nitrogens with zero attached hydrogens (tertiary/aromatic N) is 4. The van der Waals surface area contributed by atoms with Gasteiger partial charge in [-0.05, 0) is 66.4 Å². The number of rotatable bonds is 5. The molecular weight excluding hydrogens is 555 g/mol. The first-order chi connectivity index (χ1) is 18.4. The lowest BCUT2D eigenvalue weighted by Crippen LogP contribution is -2.50. The van der Waals surface area contributed by atoms with Crippen LogP contribution in [0.1, 0.15) is 44.4 Å². The number of halogens is 2. The van der Waals surface area contributed by atoms with E-state index in [0.717, 1.165) is 22.0 Å². The monoisotopic (exact) mass is 586 g/mol. The van der Waals surface area contributed by atoms with Gasteiger partial charge < -0.3 is 19.8 Å². The quantitative estimate of drug-likeness (QED) is 0.515. The number of carbonyl (C=O) groups excluding carboxylic acids is 2. The maximum Gasteiger partial charge on any atom is 0.263 e. The first-order valence-electron chi connectivity index (χ1n) is 13.0. The standard InChI is InChI=1S/C29H32Cl2N4O3S/c1-16(2)22-24(27(38)34-15-14-21(36)23(34)26(37)33(4)5)39-28-32-29(3,18-8-12-20(31)13-9-18)25(35(22)28)17-6-10-19(30)11-7-17/h6-13,16,21,23,25,36H,14-15H2,1-5H3/t21-,23-,25+,29-/m0/s1. The highest BCUT2D eigenvalue weighted by atomic mass is 35.5. The lowest BCUT2D eigenvalue weighted by atomic mass is 9.81. The minimum atomic E-state index is -0.905. The largest absolute Gasteiger partial charge is 0.390 e. The van der Waals surface area contributed by atoms with E-state index in [4.69, 9.17) is 28.2 Å². The number of likely N-dealkylation sites (tertiary alicyclic amines) is 1. The molecule has 2 amide bonds. The smallest absolute Gasteiger partial charge is 0.263 e. The van der Waals surface area contributed by atoms with Crippen molar-refractivity contribution in [3.63, 3.8) is 0 Å². The number of amides is 2. The first kappa shape index (κ1) is 28.0. The third-order valence-corrected chi connectivity index (χ3v) is 9.25. The Labute approximate surface area is 243 Å². The second-order valence-electron chi connectivity index (χ2n) is 10.9. The summed E-state index contributed by atoms with van der Waals surface area (Å²) in [5.41, 5.74) is 2.21. The molecule has 0 radical (unpaired) electrons. The van der Waals surface area contributed by atoms with Crippen molar-refractivity contribution in [1.29, 1.82) is 0 Å². The van der Waals surface area contributed by atoms with Gasteiger partial charge in [-0.15, -0.1) is 0 Å². The number of amidine groups is 1. The number of thioether (sulfide) groups is 1. The average Bonchev–Trinajstić information content (AvgIpc) is 3.53. The van der Waals surface area contributed by atoms with Crippen LogP contribution in [-0.2, 0) is 15.1 Å². The average molecular weight is 588 g/mol. The van der Waals surface area contributed by atoms with Gasteiger partial charge in [-0.3, -0.25) is 9.59 Å².